The zero-order chi connectivity index (χ0) is 25.7. The Morgan fingerprint density at radius 3 is 1.74 bits per heavy atom. The van der Waals surface area contributed by atoms with Gasteiger partial charge in [0.2, 0.25) is 0 Å². The Labute approximate surface area is 192 Å². The molecule has 2 aliphatic rings. The Morgan fingerprint density at radius 1 is 0.706 bits per heavy atom. The lowest BCUT2D eigenvalue weighted by molar-refractivity contribution is -0.333. The largest absolute Gasteiger partial charge is 0.394 e. The number of aldehydes is 1. The number of carbonyl (C=O) groups is 1. The summed E-state index contributed by atoms with van der Waals surface area (Å²) in [7, 11) is 0. The van der Waals surface area contributed by atoms with Crippen molar-refractivity contribution in [2.24, 2.45) is 0 Å². The molecule has 0 radical (unpaired) electrons. The molecule has 0 unspecified atom stereocenters. The molecule has 0 aliphatic carbocycles. The molecule has 34 heavy (non-hydrogen) atoms. The van der Waals surface area contributed by atoms with Crippen LogP contribution in [-0.4, -0.2) is 168 Å². The van der Waals surface area contributed by atoms with Crippen LogP contribution in [0.3, 0.4) is 0 Å². The molecule has 2 rings (SSSR count). The zero-order valence-corrected chi connectivity index (χ0v) is 17.7. The average Bonchev–Trinajstić information content (AvgIpc) is 2.84. The van der Waals surface area contributed by atoms with E-state index in [-0.39, 0.29) is 6.29 Å². The lowest BCUT2D eigenvalue weighted by Gasteiger charge is -2.42. The van der Waals surface area contributed by atoms with Gasteiger partial charge < -0.3 is 79.9 Å². The lowest BCUT2D eigenvalue weighted by Crippen LogP contribution is -2.62. The number of aliphatic hydroxyl groups is 11. The third kappa shape index (κ3) is 6.64. The molecule has 0 amide bonds. The first-order chi connectivity index (χ1) is 15.9. The van der Waals surface area contributed by atoms with Gasteiger partial charge in [-0.05, 0) is 0 Å². The van der Waals surface area contributed by atoms with Crippen LogP contribution >= 0.6 is 0 Å². The van der Waals surface area contributed by atoms with Gasteiger partial charge in [-0.15, -0.1) is 0 Å². The second-order valence-electron chi connectivity index (χ2n) is 8.05. The quantitative estimate of drug-likeness (QED) is 0.117. The standard InChI is InChI=1S/C18H32O16/c19-1-5(21)9(23)10(24)6(22)3-31-17-16(30)14(28)12(26)8(34-17)4-32-18-15(29)13(27)11(25)7(2-20)33-18/h1,5-18,20-30H,2-4H2/t5-,6+,7+,8+,9+,10+,11+,12+,13-,14-,15+,16+,17+,18+/m0/s1. The van der Waals surface area contributed by atoms with Crippen LogP contribution in [0.5, 0.6) is 0 Å². The summed E-state index contributed by atoms with van der Waals surface area (Å²) < 4.78 is 20.8. The molecule has 0 aromatic heterocycles. The Balaban J connectivity index is 1.96. The van der Waals surface area contributed by atoms with Crippen LogP contribution in [0.2, 0.25) is 0 Å². The highest BCUT2D eigenvalue weighted by Gasteiger charge is 2.47. The molecule has 0 spiro atoms. The van der Waals surface area contributed by atoms with Gasteiger partial charge in [0.25, 0.3) is 0 Å². The van der Waals surface area contributed by atoms with E-state index in [0.29, 0.717) is 0 Å². The fraction of sp³-hybridized carbons (Fsp3) is 0.944. The first kappa shape index (κ1) is 29.3. The molecule has 0 saturated carbocycles. The summed E-state index contributed by atoms with van der Waals surface area (Å²) in [5, 5.41) is 107. The Bertz CT molecular complexity index is 623. The average molecular weight is 504 g/mol. The maximum atomic E-state index is 10.5. The van der Waals surface area contributed by atoms with Crippen LogP contribution in [0.15, 0.2) is 0 Å². The van der Waals surface area contributed by atoms with Crippen LogP contribution in [0.1, 0.15) is 0 Å². The fourth-order valence-electron chi connectivity index (χ4n) is 3.39. The maximum Gasteiger partial charge on any atom is 0.186 e. The van der Waals surface area contributed by atoms with Gasteiger partial charge in [0.05, 0.1) is 19.8 Å². The number of aliphatic hydroxyl groups excluding tert-OH is 11. The highest BCUT2D eigenvalue weighted by Crippen LogP contribution is 2.26. The third-order valence-electron chi connectivity index (χ3n) is 5.61. The zero-order valence-electron chi connectivity index (χ0n) is 17.7. The monoisotopic (exact) mass is 504 g/mol. The molecule has 11 N–H and O–H groups in total. The molecular weight excluding hydrogens is 472 g/mol. The van der Waals surface area contributed by atoms with Crippen molar-refractivity contribution in [3.05, 3.63) is 0 Å². The molecule has 2 fully saturated rings. The van der Waals surface area contributed by atoms with E-state index in [2.05, 4.69) is 0 Å². The SMILES string of the molecule is O=C[C@H](O)[C@@H](O)[C@H](O)[C@H](O)CO[C@@H]1O[C@H](CO[C@@H]2O[C@H](CO)[C@@H](O)[C@H](O)[C@H]2O)[C@@H](O)[C@H](O)[C@H]1O. The van der Waals surface area contributed by atoms with Crippen molar-refractivity contribution in [1.82, 2.24) is 0 Å². The van der Waals surface area contributed by atoms with E-state index in [9.17, 15) is 61.0 Å². The molecule has 2 saturated heterocycles. The summed E-state index contributed by atoms with van der Waals surface area (Å²) in [4.78, 5) is 10.5. The van der Waals surface area contributed by atoms with Crippen molar-refractivity contribution < 1.29 is 79.9 Å². The number of ether oxygens (including phenoxy) is 4. The van der Waals surface area contributed by atoms with Gasteiger partial charge in [-0.3, -0.25) is 0 Å². The normalized spacial score (nSPS) is 42.6. The summed E-state index contributed by atoms with van der Waals surface area (Å²) in [6.45, 7) is -2.13. The Kier molecular flexibility index (Phi) is 11.1. The van der Waals surface area contributed by atoms with Gasteiger partial charge in [-0.25, -0.2) is 0 Å². The van der Waals surface area contributed by atoms with E-state index in [4.69, 9.17) is 18.9 Å². The molecule has 14 atom stereocenters. The molecule has 16 heteroatoms. The molecule has 200 valence electrons. The van der Waals surface area contributed by atoms with E-state index in [0.717, 1.165) is 0 Å². The second kappa shape index (κ2) is 12.9. The number of carbonyl (C=O) groups excluding carboxylic acids is 1. The summed E-state index contributed by atoms with van der Waals surface area (Å²) in [5.41, 5.74) is 0. The first-order valence-corrected chi connectivity index (χ1v) is 10.4. The predicted octanol–water partition coefficient (Wildman–Crippen LogP) is -7.73. The highest BCUT2D eigenvalue weighted by molar-refractivity contribution is 5.56. The molecule has 0 aromatic carbocycles. The van der Waals surface area contributed by atoms with E-state index in [1.165, 1.54) is 0 Å². The number of rotatable bonds is 11. The minimum atomic E-state index is -2.04. The minimum Gasteiger partial charge on any atom is -0.394 e. The Morgan fingerprint density at radius 2 is 1.21 bits per heavy atom. The van der Waals surface area contributed by atoms with Gasteiger partial charge in [-0.1, -0.05) is 0 Å². The lowest BCUT2D eigenvalue weighted by atomic mass is 9.98. The molecule has 0 aromatic rings. The Hall–Kier alpha value is -0.930. The topological polar surface area (TPSA) is 277 Å². The molecule has 2 aliphatic heterocycles. The van der Waals surface area contributed by atoms with Gasteiger partial charge in [0.15, 0.2) is 18.9 Å². The van der Waals surface area contributed by atoms with Crippen LogP contribution in [0.25, 0.3) is 0 Å². The first-order valence-electron chi connectivity index (χ1n) is 10.4. The highest BCUT2D eigenvalue weighted by atomic mass is 16.7. The smallest absolute Gasteiger partial charge is 0.186 e. The van der Waals surface area contributed by atoms with E-state index in [1.54, 1.807) is 0 Å². The van der Waals surface area contributed by atoms with Gasteiger partial charge >= 0.3 is 0 Å². The van der Waals surface area contributed by atoms with Gasteiger partial charge in [0, 0.05) is 0 Å². The van der Waals surface area contributed by atoms with Gasteiger partial charge in [0.1, 0.15) is 73.2 Å². The van der Waals surface area contributed by atoms with Crippen molar-refractivity contribution in [1.29, 1.82) is 0 Å². The summed E-state index contributed by atoms with van der Waals surface area (Å²) in [6, 6.07) is 0. The van der Waals surface area contributed by atoms with Crippen molar-refractivity contribution >= 4 is 6.29 Å². The van der Waals surface area contributed by atoms with Gasteiger partial charge in [-0.2, -0.15) is 0 Å². The minimum absolute atomic E-state index is 0.0623. The van der Waals surface area contributed by atoms with Crippen LogP contribution in [0.4, 0.5) is 0 Å². The predicted molar refractivity (Wildman–Crippen MR) is 102 cm³/mol. The van der Waals surface area contributed by atoms with Crippen molar-refractivity contribution in [3.8, 4) is 0 Å². The summed E-state index contributed by atoms with van der Waals surface area (Å²) >= 11 is 0. The van der Waals surface area contributed by atoms with Crippen LogP contribution < -0.4 is 0 Å². The fourth-order valence-corrected chi connectivity index (χ4v) is 3.39. The van der Waals surface area contributed by atoms with Crippen molar-refractivity contribution in [2.45, 2.75) is 85.8 Å². The van der Waals surface area contributed by atoms with Crippen molar-refractivity contribution in [3.63, 3.8) is 0 Å². The molecule has 0 bridgehead atoms. The van der Waals surface area contributed by atoms with E-state index >= 15 is 0 Å². The van der Waals surface area contributed by atoms with Crippen LogP contribution in [0, 0.1) is 0 Å². The van der Waals surface area contributed by atoms with E-state index < -0.39 is 106 Å². The third-order valence-corrected chi connectivity index (χ3v) is 5.61. The summed E-state index contributed by atoms with van der Waals surface area (Å²) in [6.07, 6.45) is -24.4. The molecule has 16 nitrogen and oxygen atoms in total. The summed E-state index contributed by atoms with van der Waals surface area (Å²) in [5.74, 6) is 0. The van der Waals surface area contributed by atoms with Crippen molar-refractivity contribution in [2.75, 3.05) is 19.8 Å². The number of hydrogen-bond acceptors (Lipinski definition) is 16. The molecule has 2 heterocycles. The maximum absolute atomic E-state index is 10.5. The van der Waals surface area contributed by atoms with Crippen LogP contribution in [-0.2, 0) is 23.7 Å². The molecular formula is C18H32O16. The van der Waals surface area contributed by atoms with E-state index in [1.807, 2.05) is 0 Å². The second-order valence-corrected chi connectivity index (χ2v) is 8.05. The number of hydrogen-bond donors (Lipinski definition) is 11.